The molecule has 1 aromatic carbocycles. The highest BCUT2D eigenvalue weighted by atomic mass is 35.5. The number of hydrogen-bond donors (Lipinski definition) is 1. The zero-order valence-electron chi connectivity index (χ0n) is 9.68. The van der Waals surface area contributed by atoms with Crippen molar-refractivity contribution in [3.63, 3.8) is 0 Å². The number of rotatable bonds is 4. The quantitative estimate of drug-likeness (QED) is 0.509. The summed E-state index contributed by atoms with van der Waals surface area (Å²) in [5, 5.41) is 0.661. The molecular formula is C11H14ClN3O2. The monoisotopic (exact) mass is 255 g/mol. The fourth-order valence-electron chi connectivity index (χ4n) is 0.956. The second-order valence-corrected chi connectivity index (χ2v) is 3.97. The molecule has 6 heteroatoms. The Kier molecular flexibility index (Phi) is 5.45. The molecule has 2 amide bonds. The lowest BCUT2D eigenvalue weighted by Gasteiger charge is -2.04. The Balaban J connectivity index is 2.28. The normalized spacial score (nSPS) is 10.5. The number of nitrogens with one attached hydrogen (secondary N) is 1. The van der Waals surface area contributed by atoms with Crippen LogP contribution in [0.15, 0.2) is 29.3 Å². The fraction of sp³-hybridized carbons (Fsp3) is 0.273. The van der Waals surface area contributed by atoms with Crippen molar-refractivity contribution in [1.82, 2.24) is 10.4 Å². The molecule has 0 saturated heterocycles. The molecule has 92 valence electrons. The lowest BCUT2D eigenvalue weighted by molar-refractivity contribution is 0.0522. The molecule has 1 rings (SSSR count). The third-order valence-electron chi connectivity index (χ3n) is 1.72. The van der Waals surface area contributed by atoms with Crippen LogP contribution >= 0.6 is 11.6 Å². The molecule has 17 heavy (non-hydrogen) atoms. The second-order valence-electron chi connectivity index (χ2n) is 3.53. The van der Waals surface area contributed by atoms with Gasteiger partial charge in [-0.15, -0.1) is 0 Å². The van der Waals surface area contributed by atoms with Gasteiger partial charge in [-0.2, -0.15) is 4.99 Å². The summed E-state index contributed by atoms with van der Waals surface area (Å²) in [5.41, 5.74) is 3.11. The van der Waals surface area contributed by atoms with E-state index in [0.29, 0.717) is 5.02 Å². The molecule has 1 aromatic rings. The molecule has 0 fully saturated rings. The van der Waals surface area contributed by atoms with Gasteiger partial charge < -0.3 is 4.90 Å². The summed E-state index contributed by atoms with van der Waals surface area (Å²) >= 11 is 5.73. The maximum absolute atomic E-state index is 11.1. The highest BCUT2D eigenvalue weighted by molar-refractivity contribution is 6.30. The van der Waals surface area contributed by atoms with Crippen LogP contribution in [0.5, 0.6) is 0 Å². The van der Waals surface area contributed by atoms with Crippen LogP contribution in [0.25, 0.3) is 0 Å². The Morgan fingerprint density at radius 1 is 1.47 bits per heavy atom. The van der Waals surface area contributed by atoms with Crippen molar-refractivity contribution >= 4 is 24.0 Å². The Bertz CT molecular complexity index is 390. The molecule has 0 unspecified atom stereocenters. The van der Waals surface area contributed by atoms with Crippen molar-refractivity contribution < 1.29 is 9.63 Å². The van der Waals surface area contributed by atoms with E-state index in [-0.39, 0.29) is 6.61 Å². The predicted molar refractivity (Wildman–Crippen MR) is 67.0 cm³/mol. The van der Waals surface area contributed by atoms with Crippen LogP contribution in [0.4, 0.5) is 4.79 Å². The maximum atomic E-state index is 11.1. The van der Waals surface area contributed by atoms with Gasteiger partial charge in [-0.25, -0.2) is 10.3 Å². The number of urea groups is 1. The van der Waals surface area contributed by atoms with E-state index in [1.807, 2.05) is 12.1 Å². The van der Waals surface area contributed by atoms with Crippen molar-refractivity contribution in [2.24, 2.45) is 4.99 Å². The number of carbonyl (C=O) groups is 1. The van der Waals surface area contributed by atoms with Gasteiger partial charge in [0.05, 0.1) is 12.9 Å². The number of amides is 2. The minimum absolute atomic E-state index is 0.264. The summed E-state index contributed by atoms with van der Waals surface area (Å²) in [4.78, 5) is 21.3. The molecule has 0 aromatic heterocycles. The molecule has 0 heterocycles. The first-order valence-electron chi connectivity index (χ1n) is 4.95. The van der Waals surface area contributed by atoms with Gasteiger partial charge in [-0.3, -0.25) is 4.84 Å². The zero-order chi connectivity index (χ0) is 12.7. The van der Waals surface area contributed by atoms with Crippen LogP contribution in [0.2, 0.25) is 5.02 Å². The Hall–Kier alpha value is -1.59. The van der Waals surface area contributed by atoms with Crippen LogP contribution in [0.1, 0.15) is 5.56 Å². The van der Waals surface area contributed by atoms with Gasteiger partial charge in [0.2, 0.25) is 0 Å². The average molecular weight is 256 g/mol. The number of nitrogens with zero attached hydrogens (tertiary/aromatic N) is 2. The number of halogens is 1. The van der Waals surface area contributed by atoms with Gasteiger partial charge in [-0.1, -0.05) is 23.7 Å². The largest absolute Gasteiger partial charge is 0.369 e. The standard InChI is InChI=1S/C11H14ClN3O2/c1-15(2)8-13-11(16)14-17-7-9-3-5-10(12)6-4-9/h3-6,8H,7H2,1-2H3,(H,14,16). The summed E-state index contributed by atoms with van der Waals surface area (Å²) in [6.45, 7) is 0.264. The molecule has 0 aliphatic heterocycles. The number of aliphatic imine (C=N–C) groups is 1. The highest BCUT2D eigenvalue weighted by Crippen LogP contribution is 2.09. The molecule has 0 aliphatic carbocycles. The molecule has 5 nitrogen and oxygen atoms in total. The molecule has 0 aliphatic rings. The van der Waals surface area contributed by atoms with Crippen molar-refractivity contribution in [3.05, 3.63) is 34.9 Å². The fourth-order valence-corrected chi connectivity index (χ4v) is 1.08. The first-order chi connectivity index (χ1) is 8.08. The van der Waals surface area contributed by atoms with Gasteiger partial charge in [0.1, 0.15) is 0 Å². The van der Waals surface area contributed by atoms with Gasteiger partial charge in [0.25, 0.3) is 0 Å². The summed E-state index contributed by atoms with van der Waals surface area (Å²) in [5.74, 6) is 0. The van der Waals surface area contributed by atoms with E-state index in [1.54, 1.807) is 31.1 Å². The van der Waals surface area contributed by atoms with Crippen LogP contribution in [0.3, 0.4) is 0 Å². The minimum Gasteiger partial charge on any atom is -0.369 e. The van der Waals surface area contributed by atoms with E-state index >= 15 is 0 Å². The van der Waals surface area contributed by atoms with Crippen LogP contribution in [0, 0.1) is 0 Å². The second kappa shape index (κ2) is 6.88. The molecule has 0 spiro atoms. The van der Waals surface area contributed by atoms with Crippen LogP contribution in [-0.2, 0) is 11.4 Å². The first kappa shape index (κ1) is 13.5. The summed E-state index contributed by atoms with van der Waals surface area (Å²) in [6.07, 6.45) is 1.39. The van der Waals surface area contributed by atoms with Crippen molar-refractivity contribution in [2.45, 2.75) is 6.61 Å². The molecular weight excluding hydrogens is 242 g/mol. The third-order valence-corrected chi connectivity index (χ3v) is 1.97. The zero-order valence-corrected chi connectivity index (χ0v) is 10.4. The summed E-state index contributed by atoms with van der Waals surface area (Å²) < 4.78 is 0. The SMILES string of the molecule is CN(C)C=NC(=O)NOCc1ccc(Cl)cc1. The van der Waals surface area contributed by atoms with Crippen LogP contribution < -0.4 is 5.48 Å². The number of hydrogen-bond acceptors (Lipinski definition) is 2. The minimum atomic E-state index is -0.548. The molecule has 0 bridgehead atoms. The van der Waals surface area contributed by atoms with E-state index in [9.17, 15) is 4.79 Å². The molecule has 0 saturated carbocycles. The van der Waals surface area contributed by atoms with E-state index in [1.165, 1.54) is 6.34 Å². The summed E-state index contributed by atoms with van der Waals surface area (Å²) in [7, 11) is 3.54. The van der Waals surface area contributed by atoms with Gasteiger partial charge >= 0.3 is 6.03 Å². The van der Waals surface area contributed by atoms with Gasteiger partial charge in [0.15, 0.2) is 0 Å². The van der Waals surface area contributed by atoms with Crippen molar-refractivity contribution in [3.8, 4) is 0 Å². The van der Waals surface area contributed by atoms with Crippen molar-refractivity contribution in [1.29, 1.82) is 0 Å². The Labute approximate surface area is 105 Å². The lowest BCUT2D eigenvalue weighted by atomic mass is 10.2. The Morgan fingerprint density at radius 3 is 2.71 bits per heavy atom. The number of benzene rings is 1. The molecule has 1 N–H and O–H groups in total. The smallest absolute Gasteiger partial charge is 0.366 e. The number of hydroxylamine groups is 1. The molecule has 0 radical (unpaired) electrons. The third kappa shape index (κ3) is 5.89. The predicted octanol–water partition coefficient (Wildman–Crippen LogP) is 2.07. The Morgan fingerprint density at radius 2 is 2.12 bits per heavy atom. The van der Waals surface area contributed by atoms with E-state index in [0.717, 1.165) is 5.56 Å². The summed E-state index contributed by atoms with van der Waals surface area (Å²) in [6, 6.07) is 6.60. The topological polar surface area (TPSA) is 53.9 Å². The maximum Gasteiger partial charge on any atom is 0.366 e. The van der Waals surface area contributed by atoms with Gasteiger partial charge in [0, 0.05) is 19.1 Å². The van der Waals surface area contributed by atoms with E-state index in [2.05, 4.69) is 10.5 Å². The lowest BCUT2D eigenvalue weighted by Crippen LogP contribution is -2.21. The average Bonchev–Trinajstić information content (AvgIpc) is 2.29. The van der Waals surface area contributed by atoms with E-state index in [4.69, 9.17) is 16.4 Å². The van der Waals surface area contributed by atoms with E-state index < -0.39 is 6.03 Å². The molecule has 0 atom stereocenters. The van der Waals surface area contributed by atoms with Crippen LogP contribution in [-0.4, -0.2) is 31.4 Å². The van der Waals surface area contributed by atoms with Crippen molar-refractivity contribution in [2.75, 3.05) is 14.1 Å². The first-order valence-corrected chi connectivity index (χ1v) is 5.32. The van der Waals surface area contributed by atoms with Gasteiger partial charge in [-0.05, 0) is 17.7 Å². The highest BCUT2D eigenvalue weighted by Gasteiger charge is 1.97. The number of carbonyl (C=O) groups excluding carboxylic acids is 1.